The van der Waals surface area contributed by atoms with E-state index in [4.69, 9.17) is 29.4 Å². The molecule has 0 spiro atoms. The minimum Gasteiger partial charge on any atom is -0.493 e. The second-order valence-electron chi connectivity index (χ2n) is 9.03. The van der Waals surface area contributed by atoms with Gasteiger partial charge in [-0.3, -0.25) is 0 Å². The SMILES string of the molecule is COc1cc(C2C(C#N)=C(N)Oc3cc(OC(=O)COc4ccccc4)ccc32)ccc1OCc1ccc(F)cc1. The molecule has 41 heavy (non-hydrogen) atoms. The van der Waals surface area contributed by atoms with Gasteiger partial charge in [0.1, 0.15) is 41.3 Å². The Morgan fingerprint density at radius 3 is 2.46 bits per heavy atom. The van der Waals surface area contributed by atoms with Gasteiger partial charge in [-0.15, -0.1) is 0 Å². The first-order chi connectivity index (χ1) is 19.9. The predicted molar refractivity (Wildman–Crippen MR) is 147 cm³/mol. The van der Waals surface area contributed by atoms with Crippen LogP contribution in [0.4, 0.5) is 4.39 Å². The van der Waals surface area contributed by atoms with Crippen molar-refractivity contribution in [1.29, 1.82) is 5.26 Å². The van der Waals surface area contributed by atoms with Crippen LogP contribution < -0.4 is 29.4 Å². The van der Waals surface area contributed by atoms with Crippen molar-refractivity contribution in [2.24, 2.45) is 5.73 Å². The van der Waals surface area contributed by atoms with Crippen molar-refractivity contribution in [1.82, 2.24) is 0 Å². The molecule has 206 valence electrons. The first-order valence-corrected chi connectivity index (χ1v) is 12.6. The Balaban J connectivity index is 1.36. The molecule has 2 N–H and O–H groups in total. The number of fused-ring (bicyclic) bond motifs is 1. The number of halogens is 1. The van der Waals surface area contributed by atoms with Gasteiger partial charge in [0.15, 0.2) is 18.1 Å². The fraction of sp³-hybridized carbons (Fsp3) is 0.125. The quantitative estimate of drug-likeness (QED) is 0.210. The molecule has 9 heteroatoms. The van der Waals surface area contributed by atoms with Crippen LogP contribution in [0.1, 0.15) is 22.6 Å². The van der Waals surface area contributed by atoms with E-state index in [-0.39, 0.29) is 36.2 Å². The van der Waals surface area contributed by atoms with Gasteiger partial charge in [0.05, 0.1) is 13.0 Å². The first-order valence-electron chi connectivity index (χ1n) is 12.6. The lowest BCUT2D eigenvalue weighted by atomic mass is 9.83. The third-order valence-electron chi connectivity index (χ3n) is 6.35. The summed E-state index contributed by atoms with van der Waals surface area (Å²) in [6.45, 7) is -0.0646. The number of hydrogen-bond donors (Lipinski definition) is 1. The molecule has 1 aliphatic rings. The van der Waals surface area contributed by atoms with Crippen molar-refractivity contribution in [2.75, 3.05) is 13.7 Å². The number of carbonyl (C=O) groups excluding carboxylic acids is 1. The van der Waals surface area contributed by atoms with E-state index in [9.17, 15) is 14.4 Å². The lowest BCUT2D eigenvalue weighted by molar-refractivity contribution is -0.136. The highest BCUT2D eigenvalue weighted by Gasteiger charge is 2.32. The number of allylic oxidation sites excluding steroid dienone is 1. The van der Waals surface area contributed by atoms with E-state index in [1.165, 1.54) is 19.2 Å². The highest BCUT2D eigenvalue weighted by molar-refractivity contribution is 5.74. The minimum absolute atomic E-state index is 0.0588. The highest BCUT2D eigenvalue weighted by Crippen LogP contribution is 2.45. The van der Waals surface area contributed by atoms with Gasteiger partial charge < -0.3 is 29.4 Å². The molecule has 4 aromatic carbocycles. The van der Waals surface area contributed by atoms with Crippen molar-refractivity contribution in [3.8, 4) is 34.8 Å². The minimum atomic E-state index is -0.594. The molecular weight excluding hydrogens is 527 g/mol. The molecule has 1 unspecified atom stereocenters. The Kier molecular flexibility index (Phi) is 8.02. The molecule has 8 nitrogen and oxygen atoms in total. The molecule has 1 aliphatic heterocycles. The second kappa shape index (κ2) is 12.1. The van der Waals surface area contributed by atoms with Crippen molar-refractivity contribution in [3.05, 3.63) is 125 Å². The van der Waals surface area contributed by atoms with Gasteiger partial charge in [-0.25, -0.2) is 9.18 Å². The fourth-order valence-corrected chi connectivity index (χ4v) is 4.39. The molecular formula is C32H25FN2O6. The van der Waals surface area contributed by atoms with Crippen LogP contribution in [0.3, 0.4) is 0 Å². The number of hydrogen-bond acceptors (Lipinski definition) is 8. The zero-order chi connectivity index (χ0) is 28.8. The van der Waals surface area contributed by atoms with Crippen molar-refractivity contribution >= 4 is 5.97 Å². The average Bonchev–Trinajstić information content (AvgIpc) is 2.99. The summed E-state index contributed by atoms with van der Waals surface area (Å²) in [7, 11) is 1.51. The first kappa shape index (κ1) is 27.1. The van der Waals surface area contributed by atoms with Crippen molar-refractivity contribution in [3.63, 3.8) is 0 Å². The van der Waals surface area contributed by atoms with Gasteiger partial charge in [-0.2, -0.15) is 5.26 Å². The van der Waals surface area contributed by atoms with Crippen LogP contribution in [0, 0.1) is 17.1 Å². The Hall–Kier alpha value is -5.49. The number of methoxy groups -OCH3 is 1. The highest BCUT2D eigenvalue weighted by atomic mass is 19.1. The van der Waals surface area contributed by atoms with E-state index in [0.29, 0.717) is 34.1 Å². The molecule has 4 aromatic rings. The van der Waals surface area contributed by atoms with Gasteiger partial charge in [0.25, 0.3) is 0 Å². The van der Waals surface area contributed by atoms with Crippen LogP contribution in [0.5, 0.6) is 28.7 Å². The van der Waals surface area contributed by atoms with E-state index in [0.717, 1.165) is 5.56 Å². The summed E-state index contributed by atoms with van der Waals surface area (Å²) < 4.78 is 41.3. The van der Waals surface area contributed by atoms with Crippen LogP contribution in [-0.4, -0.2) is 19.7 Å². The number of nitrogens with two attached hydrogens (primary N) is 1. The maximum absolute atomic E-state index is 13.2. The molecule has 0 amide bonds. The molecule has 1 heterocycles. The summed E-state index contributed by atoms with van der Waals surface area (Å²) in [6.07, 6.45) is 0. The maximum atomic E-state index is 13.2. The summed E-state index contributed by atoms with van der Waals surface area (Å²) in [5.74, 6) is 0.493. The van der Waals surface area contributed by atoms with Crippen LogP contribution in [0.25, 0.3) is 0 Å². The third kappa shape index (κ3) is 6.23. The Morgan fingerprint density at radius 1 is 0.951 bits per heavy atom. The second-order valence-corrected chi connectivity index (χ2v) is 9.03. The smallest absolute Gasteiger partial charge is 0.349 e. The van der Waals surface area contributed by atoms with Crippen LogP contribution in [0.2, 0.25) is 0 Å². The molecule has 0 bridgehead atoms. The number of para-hydroxylation sites is 1. The molecule has 5 rings (SSSR count). The number of nitrogens with zero attached hydrogens (tertiary/aromatic N) is 1. The summed E-state index contributed by atoms with van der Waals surface area (Å²) in [4.78, 5) is 12.4. The van der Waals surface area contributed by atoms with Gasteiger partial charge in [-0.1, -0.05) is 42.5 Å². The lowest BCUT2D eigenvalue weighted by Gasteiger charge is -2.27. The summed E-state index contributed by atoms with van der Waals surface area (Å²) in [5.41, 5.74) is 8.52. The fourth-order valence-electron chi connectivity index (χ4n) is 4.39. The lowest BCUT2D eigenvalue weighted by Crippen LogP contribution is -2.21. The number of rotatable bonds is 9. The standard InChI is InChI=1S/C32H25FN2O6/c1-37-29-15-21(9-14-27(29)39-18-20-7-10-22(33)11-8-20)31-25-13-12-24(16-28(25)41-32(35)26(31)17-34)40-30(36)19-38-23-5-3-2-4-6-23/h2-16,31H,18-19,35H2,1H3. The van der Waals surface area contributed by atoms with Gasteiger partial charge >= 0.3 is 5.97 Å². The molecule has 1 atom stereocenters. The van der Waals surface area contributed by atoms with E-state index in [2.05, 4.69) is 6.07 Å². The van der Waals surface area contributed by atoms with E-state index in [1.54, 1.807) is 66.7 Å². The van der Waals surface area contributed by atoms with Crippen molar-refractivity contribution < 1.29 is 32.9 Å². The number of esters is 1. The van der Waals surface area contributed by atoms with Crippen molar-refractivity contribution in [2.45, 2.75) is 12.5 Å². The topological polar surface area (TPSA) is 113 Å². The zero-order valence-electron chi connectivity index (χ0n) is 22.0. The summed E-state index contributed by atoms with van der Waals surface area (Å²) >= 11 is 0. The molecule has 0 saturated heterocycles. The monoisotopic (exact) mass is 552 g/mol. The van der Waals surface area contributed by atoms with Gasteiger partial charge in [-0.05, 0) is 53.6 Å². The van der Waals surface area contributed by atoms with Crippen LogP contribution in [0.15, 0.2) is 102 Å². The number of benzene rings is 4. The molecule has 0 radical (unpaired) electrons. The molecule has 0 aliphatic carbocycles. The predicted octanol–water partition coefficient (Wildman–Crippen LogP) is 5.62. The molecule has 0 aromatic heterocycles. The maximum Gasteiger partial charge on any atom is 0.349 e. The molecule has 0 saturated carbocycles. The third-order valence-corrected chi connectivity index (χ3v) is 6.35. The van der Waals surface area contributed by atoms with Crippen LogP contribution in [-0.2, 0) is 11.4 Å². The summed E-state index contributed by atoms with van der Waals surface area (Å²) in [5, 5.41) is 9.92. The Morgan fingerprint density at radius 2 is 1.73 bits per heavy atom. The Bertz CT molecular complexity index is 1630. The van der Waals surface area contributed by atoms with Gasteiger partial charge in [0, 0.05) is 11.6 Å². The van der Waals surface area contributed by atoms with Gasteiger partial charge in [0.2, 0.25) is 5.88 Å². The normalized spacial score (nSPS) is 13.8. The zero-order valence-corrected chi connectivity index (χ0v) is 22.0. The van der Waals surface area contributed by atoms with E-state index >= 15 is 0 Å². The van der Waals surface area contributed by atoms with Crippen LogP contribution >= 0.6 is 0 Å². The van der Waals surface area contributed by atoms with E-state index < -0.39 is 11.9 Å². The largest absolute Gasteiger partial charge is 0.493 e. The Labute approximate surface area is 235 Å². The number of nitriles is 1. The summed E-state index contributed by atoms with van der Waals surface area (Å²) in [6, 6.07) is 27.3. The number of carbonyl (C=O) groups is 1. The molecule has 0 fully saturated rings. The number of ether oxygens (including phenoxy) is 5. The average molecular weight is 553 g/mol. The van der Waals surface area contributed by atoms with E-state index in [1.807, 2.05) is 12.1 Å².